The zero-order valence-corrected chi connectivity index (χ0v) is 19.5. The van der Waals surface area contributed by atoms with Gasteiger partial charge in [0.25, 0.3) is 0 Å². The summed E-state index contributed by atoms with van der Waals surface area (Å²) in [5.41, 5.74) is 3.80. The highest BCUT2D eigenvalue weighted by Gasteiger charge is 2.51. The summed E-state index contributed by atoms with van der Waals surface area (Å²) in [6.07, 6.45) is 5.42. The number of rotatable bonds is 7. The van der Waals surface area contributed by atoms with Crippen LogP contribution in [-0.4, -0.2) is 76.6 Å². The SMILES string of the molecule is COc1cccc(CN2C(=O)N(c3ccc(-c4cn[nH]c4)cc3)CC23CCN(CCO)CC3)c1. The minimum atomic E-state index is -0.241. The number of anilines is 1. The summed E-state index contributed by atoms with van der Waals surface area (Å²) in [5.74, 6) is 0.794. The highest BCUT2D eigenvalue weighted by Crippen LogP contribution is 2.40. The molecule has 2 N–H and O–H groups in total. The van der Waals surface area contributed by atoms with E-state index in [-0.39, 0.29) is 18.2 Å². The van der Waals surface area contributed by atoms with Crippen molar-refractivity contribution in [3.8, 4) is 16.9 Å². The van der Waals surface area contributed by atoms with Crippen molar-refractivity contribution in [1.82, 2.24) is 20.0 Å². The van der Waals surface area contributed by atoms with Crippen LogP contribution in [0.1, 0.15) is 18.4 Å². The number of hydrogen-bond acceptors (Lipinski definition) is 5. The van der Waals surface area contributed by atoms with E-state index in [0.29, 0.717) is 19.6 Å². The average Bonchev–Trinajstić information content (AvgIpc) is 3.50. The number of hydrogen-bond donors (Lipinski definition) is 2. The van der Waals surface area contributed by atoms with E-state index in [0.717, 1.165) is 54.1 Å². The Kier molecular flexibility index (Phi) is 6.26. The number of carbonyl (C=O) groups excluding carboxylic acids is 1. The predicted octanol–water partition coefficient (Wildman–Crippen LogP) is 3.35. The van der Waals surface area contributed by atoms with Crippen LogP contribution in [0.15, 0.2) is 60.9 Å². The van der Waals surface area contributed by atoms with Crippen LogP contribution < -0.4 is 9.64 Å². The van der Waals surface area contributed by atoms with Gasteiger partial charge in [-0.05, 0) is 48.2 Å². The van der Waals surface area contributed by atoms with Gasteiger partial charge in [-0.2, -0.15) is 5.10 Å². The van der Waals surface area contributed by atoms with Crippen molar-refractivity contribution in [2.45, 2.75) is 24.9 Å². The van der Waals surface area contributed by atoms with Gasteiger partial charge >= 0.3 is 6.03 Å². The van der Waals surface area contributed by atoms with Crippen LogP contribution in [0.3, 0.4) is 0 Å². The second-order valence-corrected chi connectivity index (χ2v) is 9.13. The van der Waals surface area contributed by atoms with Crippen LogP contribution in [0.2, 0.25) is 0 Å². The van der Waals surface area contributed by atoms with Crippen LogP contribution in [0.4, 0.5) is 10.5 Å². The van der Waals surface area contributed by atoms with Gasteiger partial charge in [-0.1, -0.05) is 24.3 Å². The van der Waals surface area contributed by atoms with Gasteiger partial charge in [0.2, 0.25) is 0 Å². The van der Waals surface area contributed by atoms with E-state index in [9.17, 15) is 9.90 Å². The fourth-order valence-electron chi connectivity index (χ4n) is 5.19. The molecule has 8 heteroatoms. The highest BCUT2D eigenvalue weighted by molar-refractivity contribution is 5.95. The van der Waals surface area contributed by atoms with Crippen molar-refractivity contribution in [2.24, 2.45) is 0 Å². The molecule has 0 unspecified atom stereocenters. The molecule has 0 radical (unpaired) electrons. The lowest BCUT2D eigenvalue weighted by Crippen LogP contribution is -2.54. The third-order valence-corrected chi connectivity index (χ3v) is 7.18. The maximum Gasteiger partial charge on any atom is 0.325 e. The second-order valence-electron chi connectivity index (χ2n) is 9.13. The number of nitrogens with zero attached hydrogens (tertiary/aromatic N) is 4. The lowest BCUT2D eigenvalue weighted by Gasteiger charge is -2.43. The van der Waals surface area contributed by atoms with Crippen molar-refractivity contribution >= 4 is 11.7 Å². The predicted molar refractivity (Wildman–Crippen MR) is 131 cm³/mol. The first-order chi connectivity index (χ1) is 16.6. The Morgan fingerprint density at radius 1 is 1.12 bits per heavy atom. The molecule has 5 rings (SSSR count). The van der Waals surface area contributed by atoms with Crippen molar-refractivity contribution < 1.29 is 14.6 Å². The quantitative estimate of drug-likeness (QED) is 0.564. The molecule has 178 valence electrons. The number of H-pyrrole nitrogens is 1. The van der Waals surface area contributed by atoms with E-state index in [4.69, 9.17) is 4.74 Å². The molecule has 34 heavy (non-hydrogen) atoms. The molecule has 2 aliphatic heterocycles. The summed E-state index contributed by atoms with van der Waals surface area (Å²) in [5, 5.41) is 16.2. The van der Waals surface area contributed by atoms with Crippen molar-refractivity contribution in [3.63, 3.8) is 0 Å². The van der Waals surface area contributed by atoms with Crippen LogP contribution in [0.5, 0.6) is 5.75 Å². The van der Waals surface area contributed by atoms with E-state index in [1.54, 1.807) is 13.3 Å². The third kappa shape index (κ3) is 4.26. The molecule has 1 spiro atoms. The Morgan fingerprint density at radius 3 is 2.59 bits per heavy atom. The summed E-state index contributed by atoms with van der Waals surface area (Å²) in [4.78, 5) is 20.1. The maximum absolute atomic E-state index is 13.8. The van der Waals surface area contributed by atoms with Crippen molar-refractivity contribution in [1.29, 1.82) is 0 Å². The molecule has 3 aromatic rings. The highest BCUT2D eigenvalue weighted by atomic mass is 16.5. The molecule has 2 amide bonds. The average molecular weight is 462 g/mol. The summed E-state index contributed by atoms with van der Waals surface area (Å²) < 4.78 is 5.41. The zero-order valence-electron chi connectivity index (χ0n) is 19.5. The van der Waals surface area contributed by atoms with Gasteiger partial charge in [0.05, 0.1) is 32.0 Å². The Bertz CT molecular complexity index is 1110. The Morgan fingerprint density at radius 2 is 1.91 bits per heavy atom. The molecule has 0 bridgehead atoms. The molecule has 0 aliphatic carbocycles. The van der Waals surface area contributed by atoms with Gasteiger partial charge < -0.3 is 19.6 Å². The molecule has 2 saturated heterocycles. The number of urea groups is 1. The van der Waals surface area contributed by atoms with Crippen LogP contribution in [0, 0.1) is 0 Å². The number of aromatic amines is 1. The first-order valence-corrected chi connectivity index (χ1v) is 11.8. The number of nitrogens with one attached hydrogen (secondary N) is 1. The fraction of sp³-hybridized carbons (Fsp3) is 0.385. The smallest absolute Gasteiger partial charge is 0.325 e. The molecule has 3 heterocycles. The van der Waals surface area contributed by atoms with E-state index >= 15 is 0 Å². The van der Waals surface area contributed by atoms with Gasteiger partial charge in [0.15, 0.2) is 0 Å². The minimum Gasteiger partial charge on any atom is -0.497 e. The first-order valence-electron chi connectivity index (χ1n) is 11.8. The number of amides is 2. The molecule has 2 aromatic carbocycles. The number of benzene rings is 2. The third-order valence-electron chi connectivity index (χ3n) is 7.18. The number of ether oxygens (including phenoxy) is 1. The van der Waals surface area contributed by atoms with Crippen LogP contribution in [-0.2, 0) is 6.54 Å². The second kappa shape index (κ2) is 9.48. The molecular formula is C26H31N5O3. The number of aromatic nitrogens is 2. The Labute approximate surface area is 199 Å². The first kappa shape index (κ1) is 22.4. The fourth-order valence-corrected chi connectivity index (χ4v) is 5.19. The number of methoxy groups -OCH3 is 1. The largest absolute Gasteiger partial charge is 0.497 e. The normalized spacial score (nSPS) is 18.1. The van der Waals surface area contributed by atoms with Crippen LogP contribution in [0.25, 0.3) is 11.1 Å². The molecule has 8 nitrogen and oxygen atoms in total. The molecule has 2 fully saturated rings. The molecule has 0 atom stereocenters. The summed E-state index contributed by atoms with van der Waals surface area (Å²) in [6, 6.07) is 16.1. The Balaban J connectivity index is 1.42. The van der Waals surface area contributed by atoms with Crippen molar-refractivity contribution in [3.05, 3.63) is 66.5 Å². The maximum atomic E-state index is 13.8. The number of aliphatic hydroxyl groups excluding tert-OH is 1. The molecule has 1 aromatic heterocycles. The van der Waals surface area contributed by atoms with Gasteiger partial charge in [0, 0.05) is 43.6 Å². The molecular weight excluding hydrogens is 430 g/mol. The summed E-state index contributed by atoms with van der Waals surface area (Å²) in [6.45, 7) is 3.78. The summed E-state index contributed by atoms with van der Waals surface area (Å²) >= 11 is 0. The van der Waals surface area contributed by atoms with Crippen molar-refractivity contribution in [2.75, 3.05) is 44.8 Å². The lowest BCUT2D eigenvalue weighted by molar-refractivity contribution is 0.0640. The van der Waals surface area contributed by atoms with Gasteiger partial charge in [-0.3, -0.25) is 10.00 Å². The Hall–Kier alpha value is -3.36. The van der Waals surface area contributed by atoms with Gasteiger partial charge in [-0.25, -0.2) is 4.79 Å². The van der Waals surface area contributed by atoms with E-state index in [1.165, 1.54) is 0 Å². The molecule has 2 aliphatic rings. The summed E-state index contributed by atoms with van der Waals surface area (Å²) in [7, 11) is 1.66. The standard InChI is InChI=1S/C26H31N5O3/c1-34-24-4-2-3-20(15-24)18-31-25(33)30(19-26(31)9-11-29(12-10-26)13-14-32)23-7-5-21(6-8-23)22-16-27-28-17-22/h2-8,15-17,32H,9-14,18-19H2,1H3,(H,27,28). The number of carbonyl (C=O) groups is 1. The minimum absolute atomic E-state index is 0.0366. The lowest BCUT2D eigenvalue weighted by atomic mass is 9.86. The van der Waals surface area contributed by atoms with E-state index in [2.05, 4.69) is 20.0 Å². The topological polar surface area (TPSA) is 84.9 Å². The van der Waals surface area contributed by atoms with E-state index < -0.39 is 0 Å². The molecule has 0 saturated carbocycles. The number of piperidine rings is 1. The number of β-amino-alcohol motifs (C(OH)–C–C–N with tert-alkyl or cyclic N) is 1. The number of likely N-dealkylation sites (tertiary alicyclic amines) is 1. The van der Waals surface area contributed by atoms with Crippen LogP contribution >= 0.6 is 0 Å². The number of aliphatic hydroxyl groups is 1. The zero-order chi connectivity index (χ0) is 23.5. The monoisotopic (exact) mass is 461 g/mol. The van der Waals surface area contributed by atoms with Gasteiger partial charge in [0.1, 0.15) is 5.75 Å². The van der Waals surface area contributed by atoms with E-state index in [1.807, 2.05) is 59.6 Å². The van der Waals surface area contributed by atoms with Gasteiger partial charge in [-0.15, -0.1) is 0 Å².